The van der Waals surface area contributed by atoms with Gasteiger partial charge in [0, 0.05) is 5.56 Å². The van der Waals surface area contributed by atoms with Crippen LogP contribution in [0.2, 0.25) is 0 Å². The number of rotatable bonds is 2. The van der Waals surface area contributed by atoms with Crippen LogP contribution < -0.4 is 5.32 Å². The summed E-state index contributed by atoms with van der Waals surface area (Å²) in [6, 6.07) is 16.3. The largest absolute Gasteiger partial charge is 0.321 e. The minimum atomic E-state index is -0.198. The first-order valence-electron chi connectivity index (χ1n) is 7.58. The van der Waals surface area contributed by atoms with Crippen molar-refractivity contribution in [3.63, 3.8) is 0 Å². The fourth-order valence-electron chi connectivity index (χ4n) is 1.71. The van der Waals surface area contributed by atoms with Crippen LogP contribution in [0.3, 0.4) is 0 Å². The molecular weight excluding hydrogens is 272 g/mol. The highest BCUT2D eigenvalue weighted by molar-refractivity contribution is 6.05. The highest BCUT2D eigenvalue weighted by Gasteiger charge is 2.10. The third-order valence-corrected chi connectivity index (χ3v) is 2.69. The molecule has 1 N–H and O–H groups in total. The molecule has 0 heterocycles. The lowest BCUT2D eigenvalue weighted by molar-refractivity contribution is 0.102. The number of nitriles is 1. The van der Waals surface area contributed by atoms with Crippen LogP contribution in [0.5, 0.6) is 0 Å². The minimum absolute atomic E-state index is 0.198. The van der Waals surface area contributed by atoms with Crippen LogP contribution in [0, 0.1) is 18.3 Å². The molecule has 0 aliphatic heterocycles. The van der Waals surface area contributed by atoms with E-state index >= 15 is 0 Å². The molecule has 2 aromatic rings. The predicted molar refractivity (Wildman–Crippen MR) is 93.0 cm³/mol. The molecule has 1 amide bonds. The molecule has 2 aromatic carbocycles. The number of amides is 1. The van der Waals surface area contributed by atoms with Crippen molar-refractivity contribution < 1.29 is 4.79 Å². The molecule has 0 saturated carbocycles. The lowest BCUT2D eigenvalue weighted by Crippen LogP contribution is -2.14. The van der Waals surface area contributed by atoms with Gasteiger partial charge in [0.05, 0.1) is 11.3 Å². The minimum Gasteiger partial charge on any atom is -0.321 e. The Hall–Kier alpha value is -2.60. The molecule has 2 rings (SSSR count). The van der Waals surface area contributed by atoms with Crippen LogP contribution in [0.1, 0.15) is 49.2 Å². The highest BCUT2D eigenvalue weighted by atomic mass is 16.1. The molecule has 0 bridgehead atoms. The van der Waals surface area contributed by atoms with Gasteiger partial charge in [0.25, 0.3) is 5.91 Å². The van der Waals surface area contributed by atoms with E-state index in [1.54, 1.807) is 30.3 Å². The summed E-state index contributed by atoms with van der Waals surface area (Å²) in [7, 11) is 0. The summed E-state index contributed by atoms with van der Waals surface area (Å²) in [5.74, 6) is -0.198. The molecule has 0 aliphatic carbocycles. The number of nitrogens with one attached hydrogen (secondary N) is 1. The first-order valence-corrected chi connectivity index (χ1v) is 7.58. The lowest BCUT2D eigenvalue weighted by Gasteiger charge is -2.08. The van der Waals surface area contributed by atoms with Gasteiger partial charge in [0.1, 0.15) is 6.07 Å². The lowest BCUT2D eigenvalue weighted by atomic mass is 10.1. The van der Waals surface area contributed by atoms with Gasteiger partial charge >= 0.3 is 0 Å². The summed E-state index contributed by atoms with van der Waals surface area (Å²) in [5, 5.41) is 11.7. The molecule has 116 valence electrons. The highest BCUT2D eigenvalue weighted by Crippen LogP contribution is 2.16. The van der Waals surface area contributed by atoms with E-state index in [1.165, 1.54) is 0 Å². The topological polar surface area (TPSA) is 52.9 Å². The Balaban J connectivity index is 0.00000102. The smallest absolute Gasteiger partial charge is 0.255 e. The van der Waals surface area contributed by atoms with Gasteiger partial charge < -0.3 is 5.32 Å². The average molecular weight is 296 g/mol. The summed E-state index contributed by atoms with van der Waals surface area (Å²) in [6.45, 7) is 9.88. The normalized spacial score (nSPS) is 8.36. The second-order valence-corrected chi connectivity index (χ2v) is 3.93. The van der Waals surface area contributed by atoms with Crippen molar-refractivity contribution in [1.82, 2.24) is 0 Å². The van der Waals surface area contributed by atoms with Gasteiger partial charge in [0.2, 0.25) is 0 Å². The number of carbonyl (C=O) groups excluding carboxylic acids is 1. The standard InChI is InChI=1S/C15H12N2O.2C2H6/c1-11-6-2-4-8-13(11)15(18)17-14-9-5-3-7-12(14)10-16;2*1-2/h2-9H,1H3,(H,17,18);2*1-2H3. The van der Waals surface area contributed by atoms with Crippen molar-refractivity contribution in [3.8, 4) is 6.07 Å². The predicted octanol–water partition coefficient (Wildman–Crippen LogP) is 5.17. The first-order chi connectivity index (χ1) is 10.7. The van der Waals surface area contributed by atoms with Crippen molar-refractivity contribution in [2.24, 2.45) is 0 Å². The Morgan fingerprint density at radius 1 is 0.955 bits per heavy atom. The number of hydrogen-bond donors (Lipinski definition) is 1. The number of anilines is 1. The van der Waals surface area contributed by atoms with Gasteiger partial charge in [-0.1, -0.05) is 58.0 Å². The van der Waals surface area contributed by atoms with Crippen molar-refractivity contribution in [1.29, 1.82) is 5.26 Å². The van der Waals surface area contributed by atoms with Gasteiger partial charge in [-0.3, -0.25) is 4.79 Å². The second kappa shape index (κ2) is 11.1. The summed E-state index contributed by atoms with van der Waals surface area (Å²) in [5.41, 5.74) is 2.52. The van der Waals surface area contributed by atoms with E-state index in [2.05, 4.69) is 11.4 Å². The first kappa shape index (κ1) is 19.4. The van der Waals surface area contributed by atoms with E-state index in [4.69, 9.17) is 5.26 Å². The van der Waals surface area contributed by atoms with E-state index in [-0.39, 0.29) is 5.91 Å². The van der Waals surface area contributed by atoms with Gasteiger partial charge in [-0.2, -0.15) is 5.26 Å². The summed E-state index contributed by atoms with van der Waals surface area (Å²) in [6.07, 6.45) is 0. The van der Waals surface area contributed by atoms with Crippen molar-refractivity contribution in [2.75, 3.05) is 5.32 Å². The maximum absolute atomic E-state index is 12.1. The van der Waals surface area contributed by atoms with Gasteiger partial charge in [0.15, 0.2) is 0 Å². The SMILES string of the molecule is CC.CC.Cc1ccccc1C(=O)Nc1ccccc1C#N. The van der Waals surface area contributed by atoms with Crippen LogP contribution in [-0.4, -0.2) is 5.91 Å². The Morgan fingerprint density at radius 2 is 1.50 bits per heavy atom. The van der Waals surface area contributed by atoms with Gasteiger partial charge in [-0.25, -0.2) is 0 Å². The molecule has 0 fully saturated rings. The van der Waals surface area contributed by atoms with Crippen LogP contribution in [0.25, 0.3) is 0 Å². The molecule has 0 spiro atoms. The molecule has 0 atom stereocenters. The van der Waals surface area contributed by atoms with Crippen LogP contribution >= 0.6 is 0 Å². The fraction of sp³-hybridized carbons (Fsp3) is 0.263. The third kappa shape index (κ3) is 5.41. The van der Waals surface area contributed by atoms with E-state index in [0.29, 0.717) is 16.8 Å². The molecule has 3 heteroatoms. The van der Waals surface area contributed by atoms with Gasteiger partial charge in [-0.05, 0) is 30.7 Å². The van der Waals surface area contributed by atoms with E-state index < -0.39 is 0 Å². The molecule has 0 aliphatic rings. The average Bonchev–Trinajstić information content (AvgIpc) is 2.59. The maximum atomic E-state index is 12.1. The number of hydrogen-bond acceptors (Lipinski definition) is 2. The van der Waals surface area contributed by atoms with E-state index in [0.717, 1.165) is 5.56 Å². The molecule has 0 radical (unpaired) electrons. The van der Waals surface area contributed by atoms with E-state index in [9.17, 15) is 4.79 Å². The summed E-state index contributed by atoms with van der Waals surface area (Å²) < 4.78 is 0. The molecule has 3 nitrogen and oxygen atoms in total. The summed E-state index contributed by atoms with van der Waals surface area (Å²) in [4.78, 5) is 12.1. The third-order valence-electron chi connectivity index (χ3n) is 2.69. The van der Waals surface area contributed by atoms with Crippen LogP contribution in [-0.2, 0) is 0 Å². The van der Waals surface area contributed by atoms with Crippen molar-refractivity contribution in [2.45, 2.75) is 34.6 Å². The van der Waals surface area contributed by atoms with Crippen LogP contribution in [0.4, 0.5) is 5.69 Å². The van der Waals surface area contributed by atoms with Crippen LogP contribution in [0.15, 0.2) is 48.5 Å². The monoisotopic (exact) mass is 296 g/mol. The number of benzene rings is 2. The Morgan fingerprint density at radius 3 is 2.09 bits per heavy atom. The zero-order valence-electron chi connectivity index (χ0n) is 14.0. The Labute approximate surface area is 133 Å². The summed E-state index contributed by atoms with van der Waals surface area (Å²) >= 11 is 0. The molecule has 0 unspecified atom stereocenters. The molecule has 0 saturated heterocycles. The van der Waals surface area contributed by atoms with Crippen molar-refractivity contribution >= 4 is 11.6 Å². The maximum Gasteiger partial charge on any atom is 0.255 e. The molecular formula is C19H24N2O. The quantitative estimate of drug-likeness (QED) is 0.831. The second-order valence-electron chi connectivity index (χ2n) is 3.93. The molecule has 22 heavy (non-hydrogen) atoms. The molecule has 0 aromatic heterocycles. The van der Waals surface area contributed by atoms with E-state index in [1.807, 2.05) is 52.8 Å². The number of para-hydroxylation sites is 1. The van der Waals surface area contributed by atoms with Crippen molar-refractivity contribution in [3.05, 3.63) is 65.2 Å². The number of nitrogens with zero attached hydrogens (tertiary/aromatic N) is 1. The zero-order chi connectivity index (χ0) is 17.0. The Kier molecular flexibility index (Phi) is 9.79. The Bertz CT molecular complexity index is 627. The van der Waals surface area contributed by atoms with Gasteiger partial charge in [-0.15, -0.1) is 0 Å². The number of aryl methyl sites for hydroxylation is 1. The zero-order valence-corrected chi connectivity index (χ0v) is 14.0. The number of carbonyl (C=O) groups is 1. The fourth-order valence-corrected chi connectivity index (χ4v) is 1.71.